The van der Waals surface area contributed by atoms with E-state index in [1.165, 1.54) is 16.4 Å². The van der Waals surface area contributed by atoms with Crippen LogP contribution in [-0.2, 0) is 19.9 Å². The number of hydrogen-bond donors (Lipinski definition) is 0. The second-order valence-electron chi connectivity index (χ2n) is 6.38. The molecule has 1 aliphatic rings. The van der Waals surface area contributed by atoms with Crippen LogP contribution in [0.1, 0.15) is 30.0 Å². The maximum absolute atomic E-state index is 13.2. The molecule has 134 valence electrons. The van der Waals surface area contributed by atoms with Gasteiger partial charge in [0.1, 0.15) is 0 Å². The first-order valence-electron chi connectivity index (χ1n) is 8.09. The highest BCUT2D eigenvalue weighted by Gasteiger charge is 2.37. The molecule has 0 bridgehead atoms. The van der Waals surface area contributed by atoms with Gasteiger partial charge >= 0.3 is 0 Å². The maximum Gasteiger partial charge on any atom is 0.243 e. The lowest BCUT2D eigenvalue weighted by Crippen LogP contribution is -2.31. The molecular weight excluding hydrogens is 358 g/mol. The lowest BCUT2D eigenvalue weighted by molar-refractivity contribution is 0.396. The number of benzene rings is 2. The second kappa shape index (κ2) is 6.55. The number of rotatable bonds is 4. The normalized spacial score (nSPS) is 19.2. The third kappa shape index (κ3) is 3.49. The first-order chi connectivity index (χ1) is 11.7. The Hall–Kier alpha value is -1.70. The van der Waals surface area contributed by atoms with Crippen molar-refractivity contribution in [1.82, 2.24) is 4.31 Å². The van der Waals surface area contributed by atoms with Crippen molar-refractivity contribution >= 4 is 19.9 Å². The maximum atomic E-state index is 13.2. The molecule has 2 aromatic carbocycles. The summed E-state index contributed by atoms with van der Waals surface area (Å²) in [5.74, 6) is 0. The molecular formula is C18H21NO4S2. The van der Waals surface area contributed by atoms with E-state index >= 15 is 0 Å². The summed E-state index contributed by atoms with van der Waals surface area (Å²) in [5, 5.41) is 0. The van der Waals surface area contributed by atoms with Gasteiger partial charge in [-0.2, -0.15) is 4.31 Å². The van der Waals surface area contributed by atoms with E-state index in [0.717, 1.165) is 24.7 Å². The summed E-state index contributed by atoms with van der Waals surface area (Å²) >= 11 is 0. The van der Waals surface area contributed by atoms with Crippen molar-refractivity contribution in [2.75, 3.05) is 12.8 Å². The van der Waals surface area contributed by atoms with E-state index in [1.54, 1.807) is 13.0 Å². The zero-order chi connectivity index (χ0) is 18.2. The Morgan fingerprint density at radius 1 is 1.00 bits per heavy atom. The monoisotopic (exact) mass is 379 g/mol. The van der Waals surface area contributed by atoms with Crippen LogP contribution in [0.4, 0.5) is 0 Å². The average molecular weight is 380 g/mol. The summed E-state index contributed by atoms with van der Waals surface area (Å²) in [6.07, 6.45) is 2.62. The van der Waals surface area contributed by atoms with Crippen LogP contribution in [0.3, 0.4) is 0 Å². The van der Waals surface area contributed by atoms with Gasteiger partial charge in [-0.25, -0.2) is 16.8 Å². The Bertz CT molecular complexity index is 983. The van der Waals surface area contributed by atoms with E-state index in [9.17, 15) is 16.8 Å². The van der Waals surface area contributed by atoms with Crippen LogP contribution < -0.4 is 0 Å². The minimum absolute atomic E-state index is 0.0205. The fourth-order valence-corrected chi connectivity index (χ4v) is 5.91. The third-order valence-electron chi connectivity index (χ3n) is 4.56. The van der Waals surface area contributed by atoms with E-state index < -0.39 is 19.9 Å². The molecule has 1 heterocycles. The number of nitrogens with zero attached hydrogens (tertiary/aromatic N) is 1. The molecule has 0 N–H and O–H groups in total. The van der Waals surface area contributed by atoms with Gasteiger partial charge in [-0.05, 0) is 43.0 Å². The fourth-order valence-electron chi connectivity index (χ4n) is 3.25. The summed E-state index contributed by atoms with van der Waals surface area (Å²) in [4.78, 5) is 0.0883. The van der Waals surface area contributed by atoms with Crippen LogP contribution in [0.15, 0.2) is 58.3 Å². The summed E-state index contributed by atoms with van der Waals surface area (Å²) in [6, 6.07) is 13.6. The van der Waals surface area contributed by atoms with Crippen molar-refractivity contribution in [2.24, 2.45) is 0 Å². The topological polar surface area (TPSA) is 71.5 Å². The van der Waals surface area contributed by atoms with Crippen LogP contribution in [0, 0.1) is 6.92 Å². The SMILES string of the molecule is Cc1ccc(S(C)(=O)=O)cc1S(=O)(=O)N1CCCC1c1ccccc1. The van der Waals surface area contributed by atoms with E-state index in [0.29, 0.717) is 12.1 Å². The fraction of sp³-hybridized carbons (Fsp3) is 0.333. The molecule has 2 aromatic rings. The van der Waals surface area contributed by atoms with Gasteiger partial charge in [0.2, 0.25) is 10.0 Å². The van der Waals surface area contributed by atoms with Crippen molar-refractivity contribution in [2.45, 2.75) is 35.6 Å². The highest BCUT2D eigenvalue weighted by atomic mass is 32.2. The van der Waals surface area contributed by atoms with Crippen LogP contribution in [-0.4, -0.2) is 33.9 Å². The first-order valence-corrected chi connectivity index (χ1v) is 11.4. The minimum Gasteiger partial charge on any atom is -0.224 e. The number of sulfonamides is 1. The molecule has 1 saturated heterocycles. The first kappa shape index (κ1) is 18.1. The summed E-state index contributed by atoms with van der Waals surface area (Å²) in [7, 11) is -7.26. The quantitative estimate of drug-likeness (QED) is 0.819. The van der Waals surface area contributed by atoms with Gasteiger partial charge in [-0.3, -0.25) is 0 Å². The van der Waals surface area contributed by atoms with Gasteiger partial charge in [-0.15, -0.1) is 0 Å². The lowest BCUT2D eigenvalue weighted by Gasteiger charge is -2.25. The molecule has 0 saturated carbocycles. The van der Waals surface area contributed by atoms with E-state index in [4.69, 9.17) is 0 Å². The van der Waals surface area contributed by atoms with Crippen molar-refractivity contribution in [1.29, 1.82) is 0 Å². The van der Waals surface area contributed by atoms with Gasteiger partial charge in [0.15, 0.2) is 9.84 Å². The average Bonchev–Trinajstić information content (AvgIpc) is 3.05. The van der Waals surface area contributed by atoms with Crippen molar-refractivity contribution < 1.29 is 16.8 Å². The largest absolute Gasteiger partial charge is 0.243 e. The van der Waals surface area contributed by atoms with Crippen LogP contribution >= 0.6 is 0 Å². The van der Waals surface area contributed by atoms with E-state index in [-0.39, 0.29) is 15.8 Å². The zero-order valence-electron chi connectivity index (χ0n) is 14.2. The third-order valence-corrected chi connectivity index (χ3v) is 7.72. The summed E-state index contributed by atoms with van der Waals surface area (Å²) in [5.41, 5.74) is 1.51. The van der Waals surface area contributed by atoms with Gasteiger partial charge in [0.25, 0.3) is 0 Å². The molecule has 1 fully saturated rings. The minimum atomic E-state index is -3.78. The smallest absolute Gasteiger partial charge is 0.224 e. The van der Waals surface area contributed by atoms with Crippen molar-refractivity contribution in [3.8, 4) is 0 Å². The highest BCUT2D eigenvalue weighted by molar-refractivity contribution is 7.91. The second-order valence-corrected chi connectivity index (χ2v) is 10.3. The molecule has 0 radical (unpaired) electrons. The van der Waals surface area contributed by atoms with Crippen LogP contribution in [0.5, 0.6) is 0 Å². The predicted molar refractivity (Wildman–Crippen MR) is 96.6 cm³/mol. The Balaban J connectivity index is 2.07. The Morgan fingerprint density at radius 3 is 2.32 bits per heavy atom. The number of sulfone groups is 1. The summed E-state index contributed by atoms with van der Waals surface area (Å²) < 4.78 is 51.6. The molecule has 0 aromatic heterocycles. The Kier molecular flexibility index (Phi) is 4.74. The molecule has 7 heteroatoms. The van der Waals surface area contributed by atoms with Crippen molar-refractivity contribution in [3.63, 3.8) is 0 Å². The molecule has 3 rings (SSSR count). The van der Waals surface area contributed by atoms with Gasteiger partial charge in [0, 0.05) is 12.8 Å². The molecule has 25 heavy (non-hydrogen) atoms. The molecule has 5 nitrogen and oxygen atoms in total. The zero-order valence-corrected chi connectivity index (χ0v) is 15.8. The van der Waals surface area contributed by atoms with Crippen LogP contribution in [0.25, 0.3) is 0 Å². The standard InChI is InChI=1S/C18H21NO4S2/c1-14-10-11-16(24(2,20)21)13-18(14)25(22,23)19-12-6-9-17(19)15-7-4-3-5-8-15/h3-5,7-8,10-11,13,17H,6,9,12H2,1-2H3. The highest BCUT2D eigenvalue weighted by Crippen LogP contribution is 2.37. The summed E-state index contributed by atoms with van der Waals surface area (Å²) in [6.45, 7) is 2.12. The van der Waals surface area contributed by atoms with E-state index in [1.807, 2.05) is 30.3 Å². The Labute approximate surface area is 149 Å². The van der Waals surface area contributed by atoms with Crippen LogP contribution in [0.2, 0.25) is 0 Å². The molecule has 1 unspecified atom stereocenters. The van der Waals surface area contributed by atoms with Crippen molar-refractivity contribution in [3.05, 3.63) is 59.7 Å². The Morgan fingerprint density at radius 2 is 1.68 bits per heavy atom. The number of aryl methyl sites for hydroxylation is 1. The molecule has 1 atom stereocenters. The molecule has 0 aliphatic carbocycles. The predicted octanol–water partition coefficient (Wildman–Crippen LogP) is 2.92. The number of hydrogen-bond acceptors (Lipinski definition) is 4. The molecule has 0 spiro atoms. The molecule has 1 aliphatic heterocycles. The van der Waals surface area contributed by atoms with Gasteiger partial charge in [0.05, 0.1) is 15.8 Å². The lowest BCUT2D eigenvalue weighted by atomic mass is 10.1. The van der Waals surface area contributed by atoms with Gasteiger partial charge in [-0.1, -0.05) is 36.4 Å². The molecule has 0 amide bonds. The van der Waals surface area contributed by atoms with E-state index in [2.05, 4.69) is 0 Å². The van der Waals surface area contributed by atoms with Gasteiger partial charge < -0.3 is 0 Å².